The summed E-state index contributed by atoms with van der Waals surface area (Å²) in [5, 5.41) is 43.1. The first-order valence-electron chi connectivity index (χ1n) is 9.32. The monoisotopic (exact) mass is 463 g/mol. The Morgan fingerprint density at radius 1 is 1.22 bits per heavy atom. The highest BCUT2D eigenvalue weighted by Gasteiger charge is 2.48. The highest BCUT2D eigenvalue weighted by Crippen LogP contribution is 2.34. The minimum absolute atomic E-state index is 0.0728. The Morgan fingerprint density at radius 2 is 1.91 bits per heavy atom. The maximum atomic E-state index is 13.6. The van der Waals surface area contributed by atoms with Crippen molar-refractivity contribution in [2.45, 2.75) is 49.6 Å². The highest BCUT2D eigenvalue weighted by atomic mass is 19.3. The van der Waals surface area contributed by atoms with Gasteiger partial charge in [-0.3, -0.25) is 9.59 Å². The Labute approximate surface area is 179 Å². The van der Waals surface area contributed by atoms with Gasteiger partial charge in [0.2, 0.25) is 18.6 Å². The van der Waals surface area contributed by atoms with Crippen molar-refractivity contribution in [3.8, 4) is 5.75 Å². The third kappa shape index (κ3) is 5.86. The number of alkyl halides is 2. The summed E-state index contributed by atoms with van der Waals surface area (Å²) < 4.78 is 37.3. The molecule has 2 amide bonds. The van der Waals surface area contributed by atoms with E-state index in [-0.39, 0.29) is 18.7 Å². The number of carboxylic acids is 1. The smallest absolute Gasteiger partial charge is 0.335 e. The van der Waals surface area contributed by atoms with Crippen LogP contribution in [0.4, 0.5) is 14.5 Å². The number of carboxylic acid groups (broad SMARTS) is 1. The number of nitrogens with one attached hydrogen (secondary N) is 2. The molecule has 178 valence electrons. The van der Waals surface area contributed by atoms with Crippen LogP contribution in [0.1, 0.15) is 18.4 Å². The zero-order valence-corrected chi connectivity index (χ0v) is 16.4. The van der Waals surface area contributed by atoms with Crippen molar-refractivity contribution >= 4 is 24.0 Å². The SMILES string of the molecule is NCCC(NC=O)C(=O)Nc1ccc(OC2OC(C(=O)O)C(O)C(O)C2O)c(C(F)F)c1. The Balaban J connectivity index is 2.23. The van der Waals surface area contributed by atoms with Crippen molar-refractivity contribution < 1.29 is 53.1 Å². The van der Waals surface area contributed by atoms with Gasteiger partial charge in [-0.05, 0) is 31.2 Å². The summed E-state index contributed by atoms with van der Waals surface area (Å²) in [5.74, 6) is -2.90. The summed E-state index contributed by atoms with van der Waals surface area (Å²) in [4.78, 5) is 34.0. The number of hydrogen-bond donors (Lipinski definition) is 7. The molecule has 1 aliphatic rings. The largest absolute Gasteiger partial charge is 0.479 e. The Kier molecular flexibility index (Phi) is 8.80. The quantitative estimate of drug-likeness (QED) is 0.196. The molecule has 2 rings (SSSR count). The van der Waals surface area contributed by atoms with E-state index in [9.17, 15) is 38.5 Å². The molecule has 0 saturated carbocycles. The van der Waals surface area contributed by atoms with Crippen LogP contribution in [0.15, 0.2) is 18.2 Å². The fraction of sp³-hybridized carbons (Fsp3) is 0.500. The van der Waals surface area contributed by atoms with Gasteiger partial charge < -0.3 is 46.3 Å². The highest BCUT2D eigenvalue weighted by molar-refractivity contribution is 5.96. The number of aliphatic hydroxyl groups is 3. The Bertz CT molecular complexity index is 829. The molecule has 0 bridgehead atoms. The number of carbonyl (C=O) groups is 3. The van der Waals surface area contributed by atoms with E-state index in [1.54, 1.807) is 0 Å². The van der Waals surface area contributed by atoms with E-state index in [0.717, 1.165) is 12.1 Å². The standard InChI is InChI=1S/C18H23F2N3O9/c19-15(20)8-5-7(23-16(28)9(3-4-21)22-6-24)1-2-10(8)31-18-13(27)11(25)12(26)14(32-18)17(29)30/h1-2,5-6,9,11-15,18,25-27H,3-4,21H2,(H,22,24)(H,23,28)(H,29,30). The van der Waals surface area contributed by atoms with E-state index in [0.29, 0.717) is 6.41 Å². The number of halogens is 2. The van der Waals surface area contributed by atoms with Crippen LogP contribution in [0.3, 0.4) is 0 Å². The summed E-state index contributed by atoms with van der Waals surface area (Å²) in [5.41, 5.74) is 4.55. The summed E-state index contributed by atoms with van der Waals surface area (Å²) >= 11 is 0. The average Bonchev–Trinajstić information content (AvgIpc) is 2.74. The predicted octanol–water partition coefficient (Wildman–Crippen LogP) is -1.70. The molecule has 1 fully saturated rings. The summed E-state index contributed by atoms with van der Waals surface area (Å²) in [6.07, 6.45) is -12.5. The lowest BCUT2D eigenvalue weighted by Crippen LogP contribution is -2.61. The number of hydrogen-bond acceptors (Lipinski definition) is 9. The second-order valence-corrected chi connectivity index (χ2v) is 6.81. The van der Waals surface area contributed by atoms with Crippen molar-refractivity contribution in [2.24, 2.45) is 5.73 Å². The number of anilines is 1. The second kappa shape index (κ2) is 11.1. The molecule has 1 aliphatic heterocycles. The molecule has 6 atom stereocenters. The molecule has 12 nitrogen and oxygen atoms in total. The van der Waals surface area contributed by atoms with E-state index in [1.165, 1.54) is 6.07 Å². The van der Waals surface area contributed by atoms with Crippen LogP contribution in [0.5, 0.6) is 5.75 Å². The van der Waals surface area contributed by atoms with Gasteiger partial charge in [-0.15, -0.1) is 0 Å². The first-order chi connectivity index (χ1) is 15.1. The van der Waals surface area contributed by atoms with Crippen LogP contribution in [0.25, 0.3) is 0 Å². The molecule has 8 N–H and O–H groups in total. The minimum atomic E-state index is -3.12. The topological polar surface area (TPSA) is 201 Å². The van der Waals surface area contributed by atoms with Crippen molar-refractivity contribution in [2.75, 3.05) is 11.9 Å². The zero-order valence-electron chi connectivity index (χ0n) is 16.4. The van der Waals surface area contributed by atoms with E-state index < -0.39 is 66.4 Å². The van der Waals surface area contributed by atoms with Gasteiger partial charge in [0.05, 0.1) is 5.56 Å². The molecule has 0 spiro atoms. The molecular weight excluding hydrogens is 440 g/mol. The average molecular weight is 463 g/mol. The van der Waals surface area contributed by atoms with E-state index in [2.05, 4.69) is 10.6 Å². The summed E-state index contributed by atoms with van der Waals surface area (Å²) in [6.45, 7) is 0.0790. The maximum Gasteiger partial charge on any atom is 0.335 e. The molecule has 1 aromatic rings. The molecule has 14 heteroatoms. The lowest BCUT2D eigenvalue weighted by molar-refractivity contribution is -0.271. The normalized spacial score (nSPS) is 26.3. The van der Waals surface area contributed by atoms with Crippen molar-refractivity contribution in [1.82, 2.24) is 5.32 Å². The van der Waals surface area contributed by atoms with E-state index >= 15 is 0 Å². The maximum absolute atomic E-state index is 13.6. The predicted molar refractivity (Wildman–Crippen MR) is 102 cm³/mol. The molecule has 0 radical (unpaired) electrons. The number of ether oxygens (including phenoxy) is 2. The number of aliphatic carboxylic acids is 1. The second-order valence-electron chi connectivity index (χ2n) is 6.81. The number of aliphatic hydroxyl groups excluding tert-OH is 3. The van der Waals surface area contributed by atoms with Gasteiger partial charge in [0.15, 0.2) is 6.10 Å². The molecule has 0 aromatic heterocycles. The Hall–Kier alpha value is -2.91. The molecule has 1 saturated heterocycles. The van der Waals surface area contributed by atoms with Crippen molar-refractivity contribution in [3.05, 3.63) is 23.8 Å². The van der Waals surface area contributed by atoms with Gasteiger partial charge in [-0.1, -0.05) is 0 Å². The number of nitrogens with two attached hydrogens (primary N) is 1. The molecular formula is C18H23F2N3O9. The Morgan fingerprint density at radius 3 is 2.47 bits per heavy atom. The third-order valence-corrected chi connectivity index (χ3v) is 4.61. The first-order valence-corrected chi connectivity index (χ1v) is 9.32. The van der Waals surface area contributed by atoms with Crippen molar-refractivity contribution in [1.29, 1.82) is 0 Å². The fourth-order valence-electron chi connectivity index (χ4n) is 2.95. The van der Waals surface area contributed by atoms with Crippen LogP contribution in [-0.2, 0) is 19.1 Å². The van der Waals surface area contributed by atoms with E-state index in [1.807, 2.05) is 0 Å². The van der Waals surface area contributed by atoms with Crippen LogP contribution in [-0.4, -0.2) is 82.0 Å². The van der Waals surface area contributed by atoms with Crippen LogP contribution >= 0.6 is 0 Å². The molecule has 0 aliphatic carbocycles. The summed E-state index contributed by atoms with van der Waals surface area (Å²) in [7, 11) is 0. The van der Waals surface area contributed by atoms with Gasteiger partial charge in [-0.25, -0.2) is 13.6 Å². The number of benzene rings is 1. The zero-order chi connectivity index (χ0) is 24.0. The van der Waals surface area contributed by atoms with E-state index in [4.69, 9.17) is 20.3 Å². The lowest BCUT2D eigenvalue weighted by Gasteiger charge is -2.38. The molecule has 1 aromatic carbocycles. The minimum Gasteiger partial charge on any atom is -0.479 e. The van der Waals surface area contributed by atoms with Gasteiger partial charge in [-0.2, -0.15) is 0 Å². The van der Waals surface area contributed by atoms with Crippen LogP contribution in [0.2, 0.25) is 0 Å². The first kappa shape index (κ1) is 25.4. The fourth-order valence-corrected chi connectivity index (χ4v) is 2.95. The third-order valence-electron chi connectivity index (χ3n) is 4.61. The molecule has 1 heterocycles. The van der Waals surface area contributed by atoms with Gasteiger partial charge in [0, 0.05) is 5.69 Å². The molecule has 32 heavy (non-hydrogen) atoms. The van der Waals surface area contributed by atoms with Crippen LogP contribution in [0, 0.1) is 0 Å². The van der Waals surface area contributed by atoms with Gasteiger partial charge in [0.1, 0.15) is 30.1 Å². The number of rotatable bonds is 10. The van der Waals surface area contributed by atoms with Gasteiger partial charge in [0.25, 0.3) is 6.43 Å². The van der Waals surface area contributed by atoms with Crippen LogP contribution < -0.4 is 21.1 Å². The number of carbonyl (C=O) groups excluding carboxylic acids is 2. The van der Waals surface area contributed by atoms with Gasteiger partial charge >= 0.3 is 5.97 Å². The summed E-state index contributed by atoms with van der Waals surface area (Å²) in [6, 6.07) is 2.06. The molecule has 6 unspecified atom stereocenters. The number of amides is 2. The lowest BCUT2D eigenvalue weighted by atomic mass is 9.99. The van der Waals surface area contributed by atoms with Crippen molar-refractivity contribution in [3.63, 3.8) is 0 Å².